The highest BCUT2D eigenvalue weighted by Gasteiger charge is 2.14. The van der Waals surface area contributed by atoms with E-state index < -0.39 is 0 Å². The molecule has 0 aliphatic rings. The Bertz CT molecular complexity index is 1100. The second kappa shape index (κ2) is 6.89. The van der Waals surface area contributed by atoms with E-state index in [1.165, 1.54) is 0 Å². The van der Waals surface area contributed by atoms with Crippen molar-refractivity contribution in [1.82, 2.24) is 4.98 Å². The lowest BCUT2D eigenvalue weighted by molar-refractivity contribution is 0.415. The fraction of sp³-hybridized carbons (Fsp3) is 0.0870. The van der Waals surface area contributed by atoms with E-state index >= 15 is 0 Å². The smallest absolute Gasteiger partial charge is 0.193 e. The number of aromatic nitrogens is 1. The molecular formula is C23H19NO2. The van der Waals surface area contributed by atoms with Crippen molar-refractivity contribution in [3.8, 4) is 17.0 Å². The molecule has 4 aromatic rings. The Morgan fingerprint density at radius 2 is 1.58 bits per heavy atom. The standard InChI is InChI=1S/C23H19NO2/c1-26-18-12-13-21-19(15-18)23(25)20(14-16-8-4-2-5-9-16)22(24-21)17-10-6-3-7-11-17/h2-13,15H,14H2,1H3,(H,24,25). The number of hydrogen-bond donors (Lipinski definition) is 1. The zero-order chi connectivity index (χ0) is 17.9. The van der Waals surface area contributed by atoms with Crippen LogP contribution in [0.3, 0.4) is 0 Å². The normalized spacial score (nSPS) is 10.8. The number of methoxy groups -OCH3 is 1. The predicted molar refractivity (Wildman–Crippen MR) is 106 cm³/mol. The average molecular weight is 341 g/mol. The molecule has 3 aromatic carbocycles. The van der Waals surface area contributed by atoms with Crippen LogP contribution in [0.5, 0.6) is 5.75 Å². The van der Waals surface area contributed by atoms with Crippen molar-refractivity contribution in [2.75, 3.05) is 7.11 Å². The molecule has 128 valence electrons. The van der Waals surface area contributed by atoms with E-state index in [1.807, 2.05) is 72.8 Å². The van der Waals surface area contributed by atoms with Crippen molar-refractivity contribution in [3.63, 3.8) is 0 Å². The summed E-state index contributed by atoms with van der Waals surface area (Å²) < 4.78 is 5.30. The zero-order valence-electron chi connectivity index (χ0n) is 14.5. The maximum Gasteiger partial charge on any atom is 0.193 e. The van der Waals surface area contributed by atoms with Crippen molar-refractivity contribution in [2.24, 2.45) is 0 Å². The van der Waals surface area contributed by atoms with Gasteiger partial charge in [-0.1, -0.05) is 60.7 Å². The molecule has 4 rings (SSSR count). The summed E-state index contributed by atoms with van der Waals surface area (Å²) >= 11 is 0. The summed E-state index contributed by atoms with van der Waals surface area (Å²) in [7, 11) is 1.61. The lowest BCUT2D eigenvalue weighted by Gasteiger charge is -2.13. The lowest BCUT2D eigenvalue weighted by Crippen LogP contribution is -2.14. The summed E-state index contributed by atoms with van der Waals surface area (Å²) in [6.45, 7) is 0. The molecule has 0 aliphatic carbocycles. The number of H-pyrrole nitrogens is 1. The van der Waals surface area contributed by atoms with Crippen LogP contribution in [0.4, 0.5) is 0 Å². The number of ether oxygens (including phenoxy) is 1. The highest BCUT2D eigenvalue weighted by atomic mass is 16.5. The van der Waals surface area contributed by atoms with Gasteiger partial charge in [0.2, 0.25) is 0 Å². The van der Waals surface area contributed by atoms with Crippen LogP contribution in [0, 0.1) is 0 Å². The second-order valence-corrected chi connectivity index (χ2v) is 6.25. The molecule has 0 radical (unpaired) electrons. The number of rotatable bonds is 4. The molecule has 1 heterocycles. The molecule has 0 saturated heterocycles. The minimum absolute atomic E-state index is 0.0420. The first-order chi connectivity index (χ1) is 12.8. The van der Waals surface area contributed by atoms with Crippen LogP contribution in [-0.4, -0.2) is 12.1 Å². The Balaban J connectivity index is 1.98. The maximum absolute atomic E-state index is 13.3. The van der Waals surface area contributed by atoms with E-state index in [9.17, 15) is 4.79 Å². The molecule has 0 fully saturated rings. The van der Waals surface area contributed by atoms with Gasteiger partial charge in [0, 0.05) is 17.4 Å². The number of aromatic amines is 1. The summed E-state index contributed by atoms with van der Waals surface area (Å²) in [5, 5.41) is 0.648. The van der Waals surface area contributed by atoms with Gasteiger partial charge >= 0.3 is 0 Å². The van der Waals surface area contributed by atoms with E-state index in [1.54, 1.807) is 13.2 Å². The van der Waals surface area contributed by atoms with Gasteiger partial charge in [0.25, 0.3) is 0 Å². The Kier molecular flexibility index (Phi) is 4.28. The van der Waals surface area contributed by atoms with Gasteiger partial charge in [-0.15, -0.1) is 0 Å². The molecule has 0 unspecified atom stereocenters. The van der Waals surface area contributed by atoms with Gasteiger partial charge in [0.05, 0.1) is 18.3 Å². The second-order valence-electron chi connectivity index (χ2n) is 6.25. The van der Waals surface area contributed by atoms with E-state index in [2.05, 4.69) is 4.98 Å². The van der Waals surface area contributed by atoms with E-state index in [0.29, 0.717) is 17.6 Å². The molecule has 0 amide bonds. The van der Waals surface area contributed by atoms with Crippen LogP contribution in [0.1, 0.15) is 11.1 Å². The molecule has 0 aliphatic heterocycles. The molecule has 0 saturated carbocycles. The number of pyridine rings is 1. The van der Waals surface area contributed by atoms with Gasteiger partial charge in [0.15, 0.2) is 5.43 Å². The predicted octanol–water partition coefficient (Wildman–Crippen LogP) is 4.79. The first-order valence-corrected chi connectivity index (χ1v) is 8.58. The monoisotopic (exact) mass is 341 g/mol. The van der Waals surface area contributed by atoms with E-state index in [4.69, 9.17) is 4.74 Å². The first-order valence-electron chi connectivity index (χ1n) is 8.58. The van der Waals surface area contributed by atoms with Crippen molar-refractivity contribution < 1.29 is 4.74 Å². The van der Waals surface area contributed by atoms with Gasteiger partial charge < -0.3 is 9.72 Å². The maximum atomic E-state index is 13.3. The molecule has 3 heteroatoms. The van der Waals surface area contributed by atoms with Gasteiger partial charge in [-0.25, -0.2) is 0 Å². The third-order valence-corrected chi connectivity index (χ3v) is 4.59. The van der Waals surface area contributed by atoms with Crippen molar-refractivity contribution >= 4 is 10.9 Å². The number of fused-ring (bicyclic) bond motifs is 1. The third kappa shape index (κ3) is 3.00. The molecule has 0 bridgehead atoms. The molecule has 1 aromatic heterocycles. The van der Waals surface area contributed by atoms with Crippen molar-refractivity contribution in [3.05, 3.63) is 100 Å². The van der Waals surface area contributed by atoms with Crippen LogP contribution in [0.25, 0.3) is 22.2 Å². The molecule has 0 spiro atoms. The average Bonchev–Trinajstić information content (AvgIpc) is 2.71. The SMILES string of the molecule is COc1ccc2[nH]c(-c3ccccc3)c(Cc3ccccc3)c(=O)c2c1. The fourth-order valence-electron chi connectivity index (χ4n) is 3.25. The fourth-order valence-corrected chi connectivity index (χ4v) is 3.25. The molecule has 26 heavy (non-hydrogen) atoms. The number of nitrogens with one attached hydrogen (secondary N) is 1. The van der Waals surface area contributed by atoms with Crippen LogP contribution in [-0.2, 0) is 6.42 Å². The van der Waals surface area contributed by atoms with Crippen LogP contribution < -0.4 is 10.2 Å². The molecular weight excluding hydrogens is 322 g/mol. The topological polar surface area (TPSA) is 42.1 Å². The van der Waals surface area contributed by atoms with E-state index in [-0.39, 0.29) is 5.43 Å². The zero-order valence-corrected chi connectivity index (χ0v) is 14.5. The Morgan fingerprint density at radius 3 is 2.27 bits per heavy atom. The third-order valence-electron chi connectivity index (χ3n) is 4.59. The van der Waals surface area contributed by atoms with Gasteiger partial charge in [-0.05, 0) is 29.3 Å². The minimum atomic E-state index is 0.0420. The largest absolute Gasteiger partial charge is 0.497 e. The number of benzene rings is 3. The Hall–Kier alpha value is -3.33. The van der Waals surface area contributed by atoms with Gasteiger partial charge in [0.1, 0.15) is 5.75 Å². The van der Waals surface area contributed by atoms with Crippen LogP contribution >= 0.6 is 0 Å². The molecule has 1 N–H and O–H groups in total. The summed E-state index contributed by atoms with van der Waals surface area (Å²) in [6.07, 6.45) is 0.577. The van der Waals surface area contributed by atoms with Crippen LogP contribution in [0.2, 0.25) is 0 Å². The summed E-state index contributed by atoms with van der Waals surface area (Å²) in [4.78, 5) is 16.8. The summed E-state index contributed by atoms with van der Waals surface area (Å²) in [5.74, 6) is 0.682. The van der Waals surface area contributed by atoms with Crippen molar-refractivity contribution in [1.29, 1.82) is 0 Å². The van der Waals surface area contributed by atoms with E-state index in [0.717, 1.165) is 27.9 Å². The minimum Gasteiger partial charge on any atom is -0.497 e. The first kappa shape index (κ1) is 16.2. The summed E-state index contributed by atoms with van der Waals surface area (Å²) in [5.41, 5.74) is 4.61. The lowest BCUT2D eigenvalue weighted by atomic mass is 9.97. The number of hydrogen-bond acceptors (Lipinski definition) is 2. The molecule has 0 atom stereocenters. The summed E-state index contributed by atoms with van der Waals surface area (Å²) in [6, 6.07) is 25.6. The highest BCUT2D eigenvalue weighted by Crippen LogP contribution is 2.26. The Morgan fingerprint density at radius 1 is 0.885 bits per heavy atom. The highest BCUT2D eigenvalue weighted by molar-refractivity contribution is 5.84. The van der Waals surface area contributed by atoms with Crippen LogP contribution in [0.15, 0.2) is 83.7 Å². The Labute approximate surface area is 151 Å². The quantitative estimate of drug-likeness (QED) is 0.580. The van der Waals surface area contributed by atoms with Gasteiger partial charge in [-0.3, -0.25) is 4.79 Å². The van der Waals surface area contributed by atoms with Gasteiger partial charge in [-0.2, -0.15) is 0 Å². The van der Waals surface area contributed by atoms with Crippen molar-refractivity contribution in [2.45, 2.75) is 6.42 Å². The molecule has 3 nitrogen and oxygen atoms in total.